The summed E-state index contributed by atoms with van der Waals surface area (Å²) in [5, 5.41) is 0.305. The molecule has 0 atom stereocenters. The molecule has 1 amide bonds. The molecule has 0 fully saturated rings. The fourth-order valence-corrected chi connectivity index (χ4v) is 2.58. The highest BCUT2D eigenvalue weighted by Gasteiger charge is 2.20. The second-order valence-electron chi connectivity index (χ2n) is 5.41. The predicted molar refractivity (Wildman–Crippen MR) is 97.8 cm³/mol. The molecule has 0 saturated heterocycles. The topological polar surface area (TPSA) is 74.0 Å². The SMILES string of the molecule is COc1ccc(CN(C)C(=O)c2cc(Cl)c(N)cc2OC)c(OC)c1. The lowest BCUT2D eigenvalue weighted by Crippen LogP contribution is -2.27. The molecule has 0 aliphatic carbocycles. The van der Waals surface area contributed by atoms with Crippen molar-refractivity contribution >= 4 is 23.2 Å². The van der Waals surface area contributed by atoms with E-state index in [-0.39, 0.29) is 5.91 Å². The van der Waals surface area contributed by atoms with Gasteiger partial charge in [-0.2, -0.15) is 0 Å². The molecule has 0 heterocycles. The van der Waals surface area contributed by atoms with E-state index in [9.17, 15) is 4.79 Å². The number of nitrogen functional groups attached to an aromatic ring is 1. The van der Waals surface area contributed by atoms with Gasteiger partial charge in [0.2, 0.25) is 0 Å². The first-order valence-electron chi connectivity index (χ1n) is 7.50. The van der Waals surface area contributed by atoms with Crippen molar-refractivity contribution < 1.29 is 19.0 Å². The molecular formula is C18H21ClN2O4. The number of halogens is 1. The molecule has 2 N–H and O–H groups in total. The summed E-state index contributed by atoms with van der Waals surface area (Å²) in [6.45, 7) is 0.344. The second kappa shape index (κ2) is 7.98. The highest BCUT2D eigenvalue weighted by molar-refractivity contribution is 6.33. The fraction of sp³-hybridized carbons (Fsp3) is 0.278. The monoisotopic (exact) mass is 364 g/mol. The normalized spacial score (nSPS) is 10.3. The van der Waals surface area contributed by atoms with Crippen LogP contribution in [0, 0.1) is 0 Å². The van der Waals surface area contributed by atoms with Gasteiger partial charge in [-0.3, -0.25) is 4.79 Å². The molecule has 134 valence electrons. The first-order chi connectivity index (χ1) is 11.9. The Hall–Kier alpha value is -2.60. The van der Waals surface area contributed by atoms with E-state index in [1.807, 2.05) is 12.1 Å². The van der Waals surface area contributed by atoms with Gasteiger partial charge in [0.15, 0.2) is 0 Å². The van der Waals surface area contributed by atoms with Crippen LogP contribution in [0.3, 0.4) is 0 Å². The first-order valence-corrected chi connectivity index (χ1v) is 7.88. The van der Waals surface area contributed by atoms with Gasteiger partial charge < -0.3 is 24.8 Å². The highest BCUT2D eigenvalue weighted by atomic mass is 35.5. The first kappa shape index (κ1) is 18.7. The summed E-state index contributed by atoms with van der Waals surface area (Å²) in [6.07, 6.45) is 0. The lowest BCUT2D eigenvalue weighted by molar-refractivity contribution is 0.0781. The van der Waals surface area contributed by atoms with Gasteiger partial charge >= 0.3 is 0 Å². The second-order valence-corrected chi connectivity index (χ2v) is 5.82. The standard InChI is InChI=1S/C18H21ClN2O4/c1-21(10-11-5-6-12(23-2)7-16(11)24-3)18(22)13-8-14(19)15(20)9-17(13)25-4/h5-9H,10,20H2,1-4H3. The van der Waals surface area contributed by atoms with E-state index in [0.29, 0.717) is 40.1 Å². The Balaban J connectivity index is 2.28. The zero-order valence-electron chi connectivity index (χ0n) is 14.6. The lowest BCUT2D eigenvalue weighted by atomic mass is 10.1. The van der Waals surface area contributed by atoms with Gasteiger partial charge in [-0.25, -0.2) is 0 Å². The van der Waals surface area contributed by atoms with E-state index in [1.165, 1.54) is 19.2 Å². The van der Waals surface area contributed by atoms with Crippen LogP contribution < -0.4 is 19.9 Å². The number of hydrogen-bond acceptors (Lipinski definition) is 5. The lowest BCUT2D eigenvalue weighted by Gasteiger charge is -2.21. The predicted octanol–water partition coefficient (Wildman–Crippen LogP) is 3.22. The maximum absolute atomic E-state index is 12.8. The van der Waals surface area contributed by atoms with Gasteiger partial charge in [0.1, 0.15) is 17.2 Å². The highest BCUT2D eigenvalue weighted by Crippen LogP contribution is 2.31. The van der Waals surface area contributed by atoms with Gasteiger partial charge in [-0.05, 0) is 18.2 Å². The fourth-order valence-electron chi connectivity index (χ4n) is 2.42. The van der Waals surface area contributed by atoms with Crippen molar-refractivity contribution in [3.05, 3.63) is 46.5 Å². The summed E-state index contributed by atoms with van der Waals surface area (Å²) in [7, 11) is 6.33. The molecule has 0 saturated carbocycles. The average molecular weight is 365 g/mol. The zero-order chi connectivity index (χ0) is 18.6. The third-order valence-electron chi connectivity index (χ3n) is 3.80. The zero-order valence-corrected chi connectivity index (χ0v) is 15.4. The molecule has 6 nitrogen and oxygen atoms in total. The van der Waals surface area contributed by atoms with Crippen LogP contribution >= 0.6 is 11.6 Å². The largest absolute Gasteiger partial charge is 0.497 e. The molecule has 0 aromatic heterocycles. The molecule has 2 aromatic carbocycles. The Morgan fingerprint density at radius 2 is 1.76 bits per heavy atom. The number of nitrogens with zero attached hydrogens (tertiary/aromatic N) is 1. The van der Waals surface area contributed by atoms with Crippen molar-refractivity contribution in [3.63, 3.8) is 0 Å². The summed E-state index contributed by atoms with van der Waals surface area (Å²) in [5.74, 6) is 1.46. The van der Waals surface area contributed by atoms with E-state index < -0.39 is 0 Å². The molecule has 7 heteroatoms. The van der Waals surface area contributed by atoms with Crippen LogP contribution in [0.2, 0.25) is 5.02 Å². The molecule has 0 radical (unpaired) electrons. The molecule has 2 aromatic rings. The van der Waals surface area contributed by atoms with E-state index in [1.54, 1.807) is 32.2 Å². The third-order valence-corrected chi connectivity index (χ3v) is 4.12. The smallest absolute Gasteiger partial charge is 0.257 e. The van der Waals surface area contributed by atoms with Crippen molar-refractivity contribution in [2.75, 3.05) is 34.1 Å². The number of amides is 1. The minimum absolute atomic E-state index is 0.239. The van der Waals surface area contributed by atoms with E-state index in [0.717, 1.165) is 5.56 Å². The number of ether oxygens (including phenoxy) is 3. The number of carbonyl (C=O) groups is 1. The molecule has 0 bridgehead atoms. The summed E-state index contributed by atoms with van der Waals surface area (Å²) >= 11 is 6.05. The van der Waals surface area contributed by atoms with E-state index >= 15 is 0 Å². The molecule has 0 aliphatic heterocycles. The molecule has 25 heavy (non-hydrogen) atoms. The van der Waals surface area contributed by atoms with E-state index in [4.69, 9.17) is 31.5 Å². The summed E-state index contributed by atoms with van der Waals surface area (Å²) in [4.78, 5) is 14.3. The number of hydrogen-bond donors (Lipinski definition) is 1. The van der Waals surface area contributed by atoms with E-state index in [2.05, 4.69) is 0 Å². The Labute approximate surface area is 152 Å². The molecule has 0 spiro atoms. The van der Waals surface area contributed by atoms with Crippen molar-refractivity contribution in [1.29, 1.82) is 0 Å². The van der Waals surface area contributed by atoms with Gasteiger partial charge in [0.05, 0.1) is 37.6 Å². The molecular weight excluding hydrogens is 344 g/mol. The number of nitrogens with two attached hydrogens (primary N) is 1. The molecule has 0 aliphatic rings. The van der Waals surface area contributed by atoms with Crippen LogP contribution in [-0.2, 0) is 6.54 Å². The van der Waals surface area contributed by atoms with Crippen LogP contribution in [0.15, 0.2) is 30.3 Å². The van der Waals surface area contributed by atoms with Gasteiger partial charge in [0.25, 0.3) is 5.91 Å². The van der Waals surface area contributed by atoms with Crippen LogP contribution in [0.4, 0.5) is 5.69 Å². The Kier molecular flexibility index (Phi) is 5.98. The minimum Gasteiger partial charge on any atom is -0.497 e. The van der Waals surface area contributed by atoms with Crippen molar-refractivity contribution in [2.45, 2.75) is 6.54 Å². The van der Waals surface area contributed by atoms with Crippen LogP contribution in [0.25, 0.3) is 0 Å². The number of anilines is 1. The van der Waals surface area contributed by atoms with Crippen molar-refractivity contribution in [2.24, 2.45) is 0 Å². The van der Waals surface area contributed by atoms with Crippen LogP contribution in [0.5, 0.6) is 17.2 Å². The maximum atomic E-state index is 12.8. The molecule has 0 unspecified atom stereocenters. The van der Waals surface area contributed by atoms with Crippen molar-refractivity contribution in [1.82, 2.24) is 4.90 Å². The number of methoxy groups -OCH3 is 3. The average Bonchev–Trinajstić information content (AvgIpc) is 2.63. The minimum atomic E-state index is -0.239. The van der Waals surface area contributed by atoms with Crippen LogP contribution in [0.1, 0.15) is 15.9 Å². The number of rotatable bonds is 6. The maximum Gasteiger partial charge on any atom is 0.257 e. The Morgan fingerprint density at radius 1 is 1.08 bits per heavy atom. The summed E-state index contributed by atoms with van der Waals surface area (Å²) in [6, 6.07) is 8.50. The molecule has 2 rings (SSSR count). The number of carbonyl (C=O) groups excluding carboxylic acids is 1. The Bertz CT molecular complexity index is 780. The summed E-state index contributed by atoms with van der Waals surface area (Å²) < 4.78 is 15.8. The van der Waals surface area contributed by atoms with Crippen LogP contribution in [-0.4, -0.2) is 39.2 Å². The Morgan fingerprint density at radius 3 is 2.36 bits per heavy atom. The quantitative estimate of drug-likeness (QED) is 0.796. The number of benzene rings is 2. The summed E-state index contributed by atoms with van der Waals surface area (Å²) in [5.41, 5.74) is 7.31. The van der Waals surface area contributed by atoms with Crippen molar-refractivity contribution in [3.8, 4) is 17.2 Å². The van der Waals surface area contributed by atoms with Gasteiger partial charge in [-0.15, -0.1) is 0 Å². The van der Waals surface area contributed by atoms with Gasteiger partial charge in [-0.1, -0.05) is 11.6 Å². The van der Waals surface area contributed by atoms with Gasteiger partial charge in [0, 0.05) is 31.3 Å². The third kappa shape index (κ3) is 4.09.